The molecule has 0 unspecified atom stereocenters. The van der Waals surface area contributed by atoms with Crippen LogP contribution in [0.3, 0.4) is 0 Å². The van der Waals surface area contributed by atoms with Gasteiger partial charge < -0.3 is 0 Å². The molecular weight excluding hydrogens is 327 g/mol. The van der Waals surface area contributed by atoms with Crippen LogP contribution < -0.4 is 4.62 Å². The zero-order valence-corrected chi connectivity index (χ0v) is 16.3. The first kappa shape index (κ1) is 16.8. The third-order valence-corrected chi connectivity index (χ3v) is 10.9. The predicted octanol–water partition coefficient (Wildman–Crippen LogP) is 7.19. The van der Waals surface area contributed by atoms with E-state index in [1.807, 2.05) is 0 Å². The molecule has 2 aliphatic rings. The van der Waals surface area contributed by atoms with Crippen molar-refractivity contribution in [2.24, 2.45) is 0 Å². The highest BCUT2D eigenvalue weighted by molar-refractivity contribution is 7.73. The monoisotopic (exact) mass is 356 g/mol. The minimum atomic E-state index is 0.0190. The summed E-state index contributed by atoms with van der Waals surface area (Å²) in [4.78, 5) is 0. The molecule has 2 fully saturated rings. The van der Waals surface area contributed by atoms with Crippen molar-refractivity contribution in [3.63, 3.8) is 0 Å². The molecule has 2 saturated carbocycles. The van der Waals surface area contributed by atoms with Gasteiger partial charge in [0.2, 0.25) is 0 Å². The van der Waals surface area contributed by atoms with E-state index in [1.54, 1.807) is 10.2 Å². The first-order valence-electron chi connectivity index (χ1n) is 9.85. The average molecular weight is 357 g/mol. The van der Waals surface area contributed by atoms with Crippen LogP contribution in [0.2, 0.25) is 0 Å². The van der Waals surface area contributed by atoms with Gasteiger partial charge in [-0.3, -0.25) is 0 Å². The average Bonchev–Trinajstić information content (AvgIpc) is 3.14. The summed E-state index contributed by atoms with van der Waals surface area (Å²) in [6.45, 7) is 0. The lowest BCUT2D eigenvalue weighted by Crippen LogP contribution is -2.25. The van der Waals surface area contributed by atoms with Crippen LogP contribution in [0.4, 0.5) is 0 Å². The van der Waals surface area contributed by atoms with Gasteiger partial charge in [-0.25, -0.2) is 0 Å². The topological polar surface area (TPSA) is 0 Å². The van der Waals surface area contributed by atoms with Gasteiger partial charge in [-0.2, -0.15) is 0 Å². The predicted molar refractivity (Wildman–Crippen MR) is 110 cm³/mol. The standard InChI is InChI=1S/C22H29PS/c1-4-10-18(11-5-1)21-16-17-24-22(21)23(19-12-6-2-7-13-19)20-14-8-3-9-15-20/h1,4-5,10-11,16-17,19-20H,2-3,6-9,12-15H2. The van der Waals surface area contributed by atoms with Crippen molar-refractivity contribution < 1.29 is 0 Å². The van der Waals surface area contributed by atoms with Gasteiger partial charge >= 0.3 is 0 Å². The summed E-state index contributed by atoms with van der Waals surface area (Å²) in [5.41, 5.74) is 4.99. The number of hydrogen-bond acceptors (Lipinski definition) is 1. The van der Waals surface area contributed by atoms with E-state index in [0.717, 1.165) is 11.3 Å². The van der Waals surface area contributed by atoms with E-state index in [4.69, 9.17) is 0 Å². The third-order valence-electron chi connectivity index (χ3n) is 5.90. The summed E-state index contributed by atoms with van der Waals surface area (Å²) in [5.74, 6) is 0. The molecule has 0 saturated heterocycles. The van der Waals surface area contributed by atoms with E-state index in [0.29, 0.717) is 0 Å². The Kier molecular flexibility index (Phi) is 5.71. The van der Waals surface area contributed by atoms with Crippen molar-refractivity contribution in [1.82, 2.24) is 0 Å². The Labute approximate surface area is 152 Å². The number of rotatable bonds is 4. The molecule has 0 aliphatic heterocycles. The highest BCUT2D eigenvalue weighted by Gasteiger charge is 2.34. The maximum atomic E-state index is 2.40. The summed E-state index contributed by atoms with van der Waals surface area (Å²) < 4.78 is 1.77. The highest BCUT2D eigenvalue weighted by atomic mass is 32.1. The summed E-state index contributed by atoms with van der Waals surface area (Å²) >= 11 is 2.07. The smallest absolute Gasteiger partial charge is 0.0361 e. The van der Waals surface area contributed by atoms with Gasteiger partial charge in [-0.05, 0) is 54.0 Å². The van der Waals surface area contributed by atoms with Gasteiger partial charge in [0.1, 0.15) is 0 Å². The van der Waals surface area contributed by atoms with Crippen LogP contribution in [-0.4, -0.2) is 11.3 Å². The van der Waals surface area contributed by atoms with Crippen molar-refractivity contribution in [2.45, 2.75) is 75.5 Å². The van der Waals surface area contributed by atoms with Crippen LogP contribution in [0, 0.1) is 0 Å². The van der Waals surface area contributed by atoms with E-state index in [2.05, 4.69) is 53.1 Å². The van der Waals surface area contributed by atoms with E-state index in [1.165, 1.54) is 69.8 Å². The Balaban J connectivity index is 1.69. The molecule has 24 heavy (non-hydrogen) atoms. The van der Waals surface area contributed by atoms with E-state index in [9.17, 15) is 0 Å². The first-order valence-corrected chi connectivity index (χ1v) is 12.2. The van der Waals surface area contributed by atoms with Gasteiger partial charge in [0.15, 0.2) is 0 Å². The fourth-order valence-corrected chi connectivity index (χ4v) is 10.5. The molecule has 1 heterocycles. The normalized spacial score (nSPS) is 20.5. The minimum Gasteiger partial charge on any atom is -0.143 e. The molecule has 0 N–H and O–H groups in total. The number of benzene rings is 1. The van der Waals surface area contributed by atoms with Crippen LogP contribution in [0.1, 0.15) is 64.2 Å². The lowest BCUT2D eigenvalue weighted by atomic mass is 9.99. The molecule has 0 bridgehead atoms. The van der Waals surface area contributed by atoms with Crippen LogP contribution >= 0.6 is 19.3 Å². The molecule has 0 nitrogen and oxygen atoms in total. The maximum absolute atomic E-state index is 2.40. The summed E-state index contributed by atoms with van der Waals surface area (Å²) in [6, 6.07) is 13.5. The summed E-state index contributed by atoms with van der Waals surface area (Å²) in [7, 11) is 0.0190. The van der Waals surface area contributed by atoms with Crippen LogP contribution in [0.15, 0.2) is 41.8 Å². The molecule has 2 heteroatoms. The van der Waals surface area contributed by atoms with Crippen molar-refractivity contribution in [3.8, 4) is 11.1 Å². The summed E-state index contributed by atoms with van der Waals surface area (Å²) in [5, 5.41) is 2.36. The van der Waals surface area contributed by atoms with Crippen molar-refractivity contribution in [2.75, 3.05) is 0 Å². The molecule has 0 radical (unpaired) electrons. The van der Waals surface area contributed by atoms with Gasteiger partial charge in [-0.15, -0.1) is 11.3 Å². The lowest BCUT2D eigenvalue weighted by Gasteiger charge is -2.38. The fraction of sp³-hybridized carbons (Fsp3) is 0.545. The Bertz CT molecular complexity index is 602. The Morgan fingerprint density at radius 1 is 0.708 bits per heavy atom. The van der Waals surface area contributed by atoms with Crippen LogP contribution in [-0.2, 0) is 0 Å². The zero-order chi connectivity index (χ0) is 16.2. The third kappa shape index (κ3) is 3.63. The Morgan fingerprint density at radius 2 is 1.29 bits per heavy atom. The molecule has 1 aromatic carbocycles. The van der Waals surface area contributed by atoms with E-state index >= 15 is 0 Å². The van der Waals surface area contributed by atoms with Gasteiger partial charge in [-0.1, -0.05) is 76.8 Å². The largest absolute Gasteiger partial charge is 0.143 e. The minimum absolute atomic E-state index is 0.0190. The molecule has 4 rings (SSSR count). The zero-order valence-electron chi connectivity index (χ0n) is 14.6. The fourth-order valence-electron chi connectivity index (χ4n) is 4.69. The lowest BCUT2D eigenvalue weighted by molar-refractivity contribution is 0.487. The van der Waals surface area contributed by atoms with Crippen molar-refractivity contribution >= 4 is 23.9 Å². The van der Waals surface area contributed by atoms with Crippen LogP contribution in [0.25, 0.3) is 11.1 Å². The molecule has 0 spiro atoms. The molecule has 1 aromatic heterocycles. The molecule has 2 aliphatic carbocycles. The molecular formula is C22H29PS. The van der Waals surface area contributed by atoms with E-state index < -0.39 is 0 Å². The van der Waals surface area contributed by atoms with Crippen molar-refractivity contribution in [3.05, 3.63) is 41.8 Å². The maximum Gasteiger partial charge on any atom is 0.0361 e. The SMILES string of the molecule is c1ccc(-c2ccsc2P(C2CCCCC2)C2CCCCC2)cc1. The van der Waals surface area contributed by atoms with Crippen molar-refractivity contribution in [1.29, 1.82) is 0 Å². The molecule has 0 amide bonds. The van der Waals surface area contributed by atoms with Gasteiger partial charge in [0.05, 0.1) is 0 Å². The van der Waals surface area contributed by atoms with Crippen LogP contribution in [0.5, 0.6) is 0 Å². The first-order chi connectivity index (χ1) is 11.9. The molecule has 128 valence electrons. The summed E-state index contributed by atoms with van der Waals surface area (Å²) in [6.07, 6.45) is 14.8. The second kappa shape index (κ2) is 8.15. The van der Waals surface area contributed by atoms with Gasteiger partial charge in [0.25, 0.3) is 0 Å². The molecule has 2 aromatic rings. The molecule has 0 atom stereocenters. The quantitative estimate of drug-likeness (QED) is 0.509. The van der Waals surface area contributed by atoms with E-state index in [-0.39, 0.29) is 7.92 Å². The number of thiophene rings is 1. The highest BCUT2D eigenvalue weighted by Crippen LogP contribution is 2.57. The second-order valence-electron chi connectivity index (χ2n) is 7.50. The Morgan fingerprint density at radius 3 is 1.88 bits per heavy atom. The van der Waals surface area contributed by atoms with Gasteiger partial charge in [0, 0.05) is 10.2 Å². The second-order valence-corrected chi connectivity index (χ2v) is 11.4. The number of hydrogen-bond donors (Lipinski definition) is 0. The Hall–Kier alpha value is -0.650.